The first kappa shape index (κ1) is 17.0. The van der Waals surface area contributed by atoms with Gasteiger partial charge < -0.3 is 15.4 Å². The summed E-state index contributed by atoms with van der Waals surface area (Å²) in [6, 6.07) is 12.2. The van der Waals surface area contributed by atoms with Crippen LogP contribution in [-0.4, -0.2) is 19.6 Å². The van der Waals surface area contributed by atoms with Crippen LogP contribution in [0.5, 0.6) is 5.75 Å². The van der Waals surface area contributed by atoms with Gasteiger partial charge in [-0.3, -0.25) is 4.79 Å². The van der Waals surface area contributed by atoms with Crippen molar-refractivity contribution in [1.82, 2.24) is 5.32 Å². The van der Waals surface area contributed by atoms with Crippen LogP contribution in [0.15, 0.2) is 42.5 Å². The molecule has 0 radical (unpaired) electrons. The van der Waals surface area contributed by atoms with Crippen LogP contribution in [-0.2, 0) is 11.3 Å². The van der Waals surface area contributed by atoms with Gasteiger partial charge in [-0.2, -0.15) is 0 Å². The molecule has 122 valence electrons. The molecule has 0 aliphatic heterocycles. The van der Waals surface area contributed by atoms with Crippen molar-refractivity contribution in [2.45, 2.75) is 19.9 Å². The van der Waals surface area contributed by atoms with Gasteiger partial charge in [-0.25, -0.2) is 4.39 Å². The number of methoxy groups -OCH3 is 1. The fourth-order valence-corrected chi connectivity index (χ4v) is 2.20. The Balaban J connectivity index is 1.80. The monoisotopic (exact) mass is 316 g/mol. The van der Waals surface area contributed by atoms with Crippen molar-refractivity contribution in [2.75, 3.05) is 19.0 Å². The van der Waals surface area contributed by atoms with E-state index in [4.69, 9.17) is 4.74 Å². The van der Waals surface area contributed by atoms with Crippen molar-refractivity contribution in [3.8, 4) is 5.75 Å². The third-order valence-corrected chi connectivity index (χ3v) is 3.43. The molecule has 2 aromatic rings. The first-order valence-electron chi connectivity index (χ1n) is 7.49. The number of hydrogen-bond acceptors (Lipinski definition) is 3. The average Bonchev–Trinajstić information content (AvgIpc) is 2.53. The molecule has 23 heavy (non-hydrogen) atoms. The van der Waals surface area contributed by atoms with E-state index in [0.717, 1.165) is 5.56 Å². The van der Waals surface area contributed by atoms with Gasteiger partial charge in [-0.05, 0) is 30.7 Å². The molecule has 0 unspecified atom stereocenters. The number of aryl methyl sites for hydroxylation is 1. The molecule has 2 rings (SSSR count). The number of benzene rings is 2. The van der Waals surface area contributed by atoms with Crippen molar-refractivity contribution in [1.29, 1.82) is 0 Å². The second-order valence-electron chi connectivity index (χ2n) is 5.27. The van der Waals surface area contributed by atoms with Crippen molar-refractivity contribution < 1.29 is 13.9 Å². The number of rotatable bonds is 7. The molecule has 0 spiro atoms. The predicted molar refractivity (Wildman–Crippen MR) is 89.1 cm³/mol. The highest BCUT2D eigenvalue weighted by Gasteiger charge is 2.08. The Kier molecular flexibility index (Phi) is 6.11. The topological polar surface area (TPSA) is 50.4 Å². The zero-order valence-electron chi connectivity index (χ0n) is 13.4. The van der Waals surface area contributed by atoms with Crippen LogP contribution >= 0.6 is 0 Å². The van der Waals surface area contributed by atoms with Gasteiger partial charge in [0.15, 0.2) is 0 Å². The zero-order valence-corrected chi connectivity index (χ0v) is 13.4. The fourth-order valence-electron chi connectivity index (χ4n) is 2.20. The standard InChI is InChI=1S/C18H21FN2O2/c1-13-7-8-17(23-2)16(11-13)21-18(22)9-10-20-12-14-5-3-4-6-15(14)19/h3-8,11,20H,9-10,12H2,1-2H3,(H,21,22). The Hall–Kier alpha value is -2.40. The maximum Gasteiger partial charge on any atom is 0.225 e. The van der Waals surface area contributed by atoms with E-state index in [2.05, 4.69) is 10.6 Å². The van der Waals surface area contributed by atoms with Crippen LogP contribution in [0.3, 0.4) is 0 Å². The Morgan fingerprint density at radius 2 is 2.00 bits per heavy atom. The number of halogens is 1. The number of carbonyl (C=O) groups excluding carboxylic acids is 1. The molecule has 1 amide bonds. The maximum absolute atomic E-state index is 13.5. The van der Waals surface area contributed by atoms with Gasteiger partial charge in [-0.15, -0.1) is 0 Å². The molecule has 0 aliphatic carbocycles. The lowest BCUT2D eigenvalue weighted by Crippen LogP contribution is -2.22. The van der Waals surface area contributed by atoms with E-state index >= 15 is 0 Å². The summed E-state index contributed by atoms with van der Waals surface area (Å²) < 4.78 is 18.7. The third kappa shape index (κ3) is 5.07. The van der Waals surface area contributed by atoms with Crippen LogP contribution in [0.4, 0.5) is 10.1 Å². The summed E-state index contributed by atoms with van der Waals surface area (Å²) in [4.78, 5) is 12.0. The molecule has 0 aromatic heterocycles. The zero-order chi connectivity index (χ0) is 16.7. The van der Waals surface area contributed by atoms with E-state index in [-0.39, 0.29) is 11.7 Å². The largest absolute Gasteiger partial charge is 0.495 e. The van der Waals surface area contributed by atoms with E-state index in [1.165, 1.54) is 6.07 Å². The normalized spacial score (nSPS) is 10.4. The van der Waals surface area contributed by atoms with Crippen LogP contribution in [0.1, 0.15) is 17.5 Å². The Bertz CT molecular complexity index is 674. The summed E-state index contributed by atoms with van der Waals surface area (Å²) in [6.45, 7) is 2.81. The molecule has 4 nitrogen and oxygen atoms in total. The van der Waals surface area contributed by atoms with Crippen LogP contribution in [0.25, 0.3) is 0 Å². The number of carbonyl (C=O) groups is 1. The summed E-state index contributed by atoms with van der Waals surface area (Å²) in [5, 5.41) is 5.90. The van der Waals surface area contributed by atoms with Crippen molar-refractivity contribution >= 4 is 11.6 Å². The minimum absolute atomic E-state index is 0.116. The average molecular weight is 316 g/mol. The van der Waals surface area contributed by atoms with E-state index < -0.39 is 0 Å². The summed E-state index contributed by atoms with van der Waals surface area (Å²) in [5.41, 5.74) is 2.29. The van der Waals surface area contributed by atoms with Crippen LogP contribution in [0.2, 0.25) is 0 Å². The fraction of sp³-hybridized carbons (Fsp3) is 0.278. The van der Waals surface area contributed by atoms with Crippen LogP contribution < -0.4 is 15.4 Å². The second-order valence-corrected chi connectivity index (χ2v) is 5.27. The van der Waals surface area contributed by atoms with Crippen molar-refractivity contribution in [3.05, 3.63) is 59.4 Å². The quantitative estimate of drug-likeness (QED) is 0.771. The van der Waals surface area contributed by atoms with Gasteiger partial charge in [-0.1, -0.05) is 24.3 Å². The molecule has 0 saturated carbocycles. The van der Waals surface area contributed by atoms with E-state index in [9.17, 15) is 9.18 Å². The number of nitrogens with one attached hydrogen (secondary N) is 2. The lowest BCUT2D eigenvalue weighted by atomic mass is 10.2. The number of hydrogen-bond donors (Lipinski definition) is 2. The van der Waals surface area contributed by atoms with Crippen molar-refractivity contribution in [3.63, 3.8) is 0 Å². The number of amides is 1. The minimum atomic E-state index is -0.242. The Labute approximate surface area is 135 Å². The molecule has 5 heteroatoms. The molecule has 0 heterocycles. The molecule has 2 aromatic carbocycles. The SMILES string of the molecule is COc1ccc(C)cc1NC(=O)CCNCc1ccccc1F. The predicted octanol–water partition coefficient (Wildman–Crippen LogP) is 3.26. The first-order valence-corrected chi connectivity index (χ1v) is 7.49. The lowest BCUT2D eigenvalue weighted by Gasteiger charge is -2.11. The highest BCUT2D eigenvalue weighted by atomic mass is 19.1. The van der Waals surface area contributed by atoms with E-state index in [1.54, 1.807) is 25.3 Å². The molecule has 0 fully saturated rings. The second kappa shape index (κ2) is 8.29. The van der Waals surface area contributed by atoms with Gasteiger partial charge in [0.1, 0.15) is 11.6 Å². The molecule has 0 saturated heterocycles. The van der Waals surface area contributed by atoms with Gasteiger partial charge >= 0.3 is 0 Å². The molecule has 0 atom stereocenters. The lowest BCUT2D eigenvalue weighted by molar-refractivity contribution is -0.116. The first-order chi connectivity index (χ1) is 11.1. The maximum atomic E-state index is 13.5. The summed E-state index contributed by atoms with van der Waals surface area (Å²) in [7, 11) is 1.57. The molecule has 0 aliphatic rings. The van der Waals surface area contributed by atoms with Gasteiger partial charge in [0, 0.05) is 25.1 Å². The molecule has 2 N–H and O–H groups in total. The summed E-state index contributed by atoms with van der Waals surface area (Å²) in [6.07, 6.45) is 0.297. The van der Waals surface area contributed by atoms with Crippen molar-refractivity contribution in [2.24, 2.45) is 0 Å². The summed E-state index contributed by atoms with van der Waals surface area (Å²) in [5.74, 6) is 0.271. The van der Waals surface area contributed by atoms with Gasteiger partial charge in [0.25, 0.3) is 0 Å². The highest BCUT2D eigenvalue weighted by molar-refractivity contribution is 5.92. The molecular formula is C18H21FN2O2. The van der Waals surface area contributed by atoms with Gasteiger partial charge in [0.2, 0.25) is 5.91 Å². The van der Waals surface area contributed by atoms with E-state index in [1.807, 2.05) is 25.1 Å². The minimum Gasteiger partial charge on any atom is -0.495 e. The molecule has 0 bridgehead atoms. The Morgan fingerprint density at radius 3 is 2.74 bits per heavy atom. The highest BCUT2D eigenvalue weighted by Crippen LogP contribution is 2.25. The number of ether oxygens (including phenoxy) is 1. The van der Waals surface area contributed by atoms with Gasteiger partial charge in [0.05, 0.1) is 12.8 Å². The molecular weight excluding hydrogens is 295 g/mol. The van der Waals surface area contributed by atoms with Crippen LogP contribution in [0, 0.1) is 12.7 Å². The Morgan fingerprint density at radius 1 is 1.22 bits per heavy atom. The smallest absolute Gasteiger partial charge is 0.225 e. The summed E-state index contributed by atoms with van der Waals surface area (Å²) >= 11 is 0. The van der Waals surface area contributed by atoms with E-state index in [0.29, 0.717) is 36.5 Å². The third-order valence-electron chi connectivity index (χ3n) is 3.43. The number of anilines is 1.